The summed E-state index contributed by atoms with van der Waals surface area (Å²) in [7, 11) is 4.55. The van der Waals surface area contributed by atoms with Gasteiger partial charge in [-0.15, -0.1) is 0 Å². The van der Waals surface area contributed by atoms with Gasteiger partial charge < -0.3 is 23.9 Å². The standard InChI is InChI=1S/C26H24N2O6/c1-15-5-7-17(8-6-15)19-10-9-18-13-22(34-26(30)23(18)28-19)25(29)27-14-16-11-20(31-2)24(33-4)21(12-16)32-3/h5-13H,14H2,1-4H3,(H,27,29). The fourth-order valence-electron chi connectivity index (χ4n) is 3.57. The van der Waals surface area contributed by atoms with Crippen LogP contribution < -0.4 is 25.2 Å². The molecule has 1 amide bonds. The van der Waals surface area contributed by atoms with Crippen LogP contribution in [0.4, 0.5) is 0 Å². The van der Waals surface area contributed by atoms with Crippen molar-refractivity contribution in [3.05, 3.63) is 81.9 Å². The predicted molar refractivity (Wildman–Crippen MR) is 128 cm³/mol. The molecule has 0 saturated heterocycles. The number of hydrogen-bond acceptors (Lipinski definition) is 7. The van der Waals surface area contributed by atoms with Crippen LogP contribution in [0.25, 0.3) is 22.2 Å². The SMILES string of the molecule is COc1cc(CNC(=O)c2cc3ccc(-c4ccc(C)cc4)nc3c(=O)o2)cc(OC)c1OC. The zero-order chi connectivity index (χ0) is 24.2. The van der Waals surface area contributed by atoms with Crippen molar-refractivity contribution in [2.24, 2.45) is 0 Å². The minimum atomic E-state index is -0.676. The van der Waals surface area contributed by atoms with E-state index < -0.39 is 11.5 Å². The number of hydrogen-bond donors (Lipinski definition) is 1. The molecule has 4 aromatic rings. The monoisotopic (exact) mass is 460 g/mol. The Morgan fingerprint density at radius 3 is 2.24 bits per heavy atom. The molecule has 2 aromatic heterocycles. The highest BCUT2D eigenvalue weighted by Crippen LogP contribution is 2.38. The zero-order valence-electron chi connectivity index (χ0n) is 19.3. The van der Waals surface area contributed by atoms with Crippen molar-refractivity contribution in [2.75, 3.05) is 21.3 Å². The van der Waals surface area contributed by atoms with E-state index in [1.807, 2.05) is 37.3 Å². The summed E-state index contributed by atoms with van der Waals surface area (Å²) in [5.41, 5.74) is 2.88. The first-order valence-electron chi connectivity index (χ1n) is 10.5. The van der Waals surface area contributed by atoms with Gasteiger partial charge >= 0.3 is 5.63 Å². The average Bonchev–Trinajstić information content (AvgIpc) is 2.86. The molecule has 0 aliphatic heterocycles. The molecule has 0 unspecified atom stereocenters. The van der Waals surface area contributed by atoms with Crippen molar-refractivity contribution in [1.82, 2.24) is 10.3 Å². The molecule has 0 bridgehead atoms. The van der Waals surface area contributed by atoms with Crippen molar-refractivity contribution >= 4 is 16.8 Å². The highest BCUT2D eigenvalue weighted by atomic mass is 16.5. The Kier molecular flexibility index (Phi) is 6.49. The summed E-state index contributed by atoms with van der Waals surface area (Å²) in [6.45, 7) is 2.16. The summed E-state index contributed by atoms with van der Waals surface area (Å²) in [5, 5.41) is 3.26. The largest absolute Gasteiger partial charge is 0.493 e. The maximum atomic E-state index is 12.7. The van der Waals surface area contributed by atoms with Crippen LogP contribution in [0.15, 0.2) is 63.8 Å². The number of nitrogens with zero attached hydrogens (tertiary/aromatic N) is 1. The molecule has 0 radical (unpaired) electrons. The number of ether oxygens (including phenoxy) is 3. The van der Waals surface area contributed by atoms with E-state index in [2.05, 4.69) is 10.3 Å². The molecule has 2 heterocycles. The van der Waals surface area contributed by atoms with Gasteiger partial charge in [0.15, 0.2) is 22.8 Å². The van der Waals surface area contributed by atoms with Crippen LogP contribution in [-0.4, -0.2) is 32.2 Å². The third-order valence-corrected chi connectivity index (χ3v) is 5.36. The minimum absolute atomic E-state index is 0.102. The number of nitrogens with one attached hydrogen (secondary N) is 1. The highest BCUT2D eigenvalue weighted by Gasteiger charge is 2.16. The second-order valence-electron chi connectivity index (χ2n) is 7.61. The summed E-state index contributed by atoms with van der Waals surface area (Å²) < 4.78 is 21.3. The molecular weight excluding hydrogens is 436 g/mol. The van der Waals surface area contributed by atoms with Crippen LogP contribution in [0.5, 0.6) is 17.2 Å². The minimum Gasteiger partial charge on any atom is -0.493 e. The molecule has 0 atom stereocenters. The van der Waals surface area contributed by atoms with E-state index >= 15 is 0 Å². The Hall–Kier alpha value is -4.33. The maximum absolute atomic E-state index is 12.7. The smallest absolute Gasteiger partial charge is 0.363 e. The molecule has 0 spiro atoms. The van der Waals surface area contributed by atoms with Gasteiger partial charge in [-0.25, -0.2) is 9.78 Å². The van der Waals surface area contributed by atoms with Crippen LogP contribution >= 0.6 is 0 Å². The Bertz CT molecular complexity index is 1380. The van der Waals surface area contributed by atoms with Gasteiger partial charge in [0.2, 0.25) is 5.75 Å². The first-order chi connectivity index (χ1) is 16.4. The summed E-state index contributed by atoms with van der Waals surface area (Å²) in [6.07, 6.45) is 0. The van der Waals surface area contributed by atoms with E-state index in [4.69, 9.17) is 18.6 Å². The van der Waals surface area contributed by atoms with Crippen LogP contribution in [0.1, 0.15) is 21.7 Å². The Morgan fingerprint density at radius 2 is 1.62 bits per heavy atom. The van der Waals surface area contributed by atoms with Gasteiger partial charge in [-0.1, -0.05) is 35.9 Å². The summed E-state index contributed by atoms with van der Waals surface area (Å²) in [5.74, 6) is 0.765. The van der Waals surface area contributed by atoms with Crippen molar-refractivity contribution in [1.29, 1.82) is 0 Å². The second kappa shape index (κ2) is 9.66. The average molecular weight is 460 g/mol. The van der Waals surface area contributed by atoms with Crippen molar-refractivity contribution in [3.8, 4) is 28.5 Å². The normalized spacial score (nSPS) is 10.7. The third kappa shape index (κ3) is 4.56. The Balaban J connectivity index is 1.57. The van der Waals surface area contributed by atoms with E-state index in [0.29, 0.717) is 28.3 Å². The molecule has 34 heavy (non-hydrogen) atoms. The molecule has 0 aliphatic rings. The number of benzene rings is 2. The topological polar surface area (TPSA) is 99.9 Å². The quantitative estimate of drug-likeness (QED) is 0.443. The highest BCUT2D eigenvalue weighted by molar-refractivity contribution is 5.94. The number of aryl methyl sites for hydroxylation is 1. The molecule has 8 nitrogen and oxygen atoms in total. The fourth-order valence-corrected chi connectivity index (χ4v) is 3.57. The zero-order valence-corrected chi connectivity index (χ0v) is 19.3. The van der Waals surface area contributed by atoms with Crippen LogP contribution in [0.3, 0.4) is 0 Å². The molecule has 4 rings (SSSR count). The number of methoxy groups -OCH3 is 3. The lowest BCUT2D eigenvalue weighted by atomic mass is 10.1. The molecule has 8 heteroatoms. The molecule has 174 valence electrons. The van der Waals surface area contributed by atoms with Crippen molar-refractivity contribution in [2.45, 2.75) is 13.5 Å². The Morgan fingerprint density at radius 1 is 0.941 bits per heavy atom. The van der Waals surface area contributed by atoms with Gasteiger partial charge in [-0.3, -0.25) is 4.79 Å². The van der Waals surface area contributed by atoms with Crippen molar-refractivity contribution in [3.63, 3.8) is 0 Å². The molecule has 1 N–H and O–H groups in total. The Labute approximate surface area is 196 Å². The number of carbonyl (C=O) groups excluding carboxylic acids is 1. The summed E-state index contributed by atoms with van der Waals surface area (Å²) in [6, 6.07) is 16.4. The number of amides is 1. The van der Waals surface area contributed by atoms with E-state index in [1.54, 1.807) is 18.2 Å². The molecule has 0 fully saturated rings. The second-order valence-corrected chi connectivity index (χ2v) is 7.61. The molecule has 0 aliphatic carbocycles. The van der Waals surface area contributed by atoms with Crippen LogP contribution in [-0.2, 0) is 6.54 Å². The van der Waals surface area contributed by atoms with Crippen molar-refractivity contribution < 1.29 is 23.4 Å². The number of carbonyl (C=O) groups is 1. The lowest BCUT2D eigenvalue weighted by Crippen LogP contribution is -2.24. The first kappa shape index (κ1) is 22.8. The van der Waals surface area contributed by atoms with Gasteiger partial charge in [-0.2, -0.15) is 0 Å². The molecule has 0 saturated carbocycles. The van der Waals surface area contributed by atoms with Gasteiger partial charge in [0.1, 0.15) is 0 Å². The predicted octanol–water partition coefficient (Wildman–Crippen LogP) is 4.12. The number of fused-ring (bicyclic) bond motifs is 1. The van der Waals surface area contributed by atoms with Crippen LogP contribution in [0.2, 0.25) is 0 Å². The van der Waals surface area contributed by atoms with Crippen LogP contribution in [0, 0.1) is 6.92 Å². The van der Waals surface area contributed by atoms with Gasteiger partial charge in [0.05, 0.1) is 27.0 Å². The van der Waals surface area contributed by atoms with Gasteiger partial charge in [-0.05, 0) is 36.8 Å². The van der Waals surface area contributed by atoms with Gasteiger partial charge in [0, 0.05) is 17.5 Å². The number of pyridine rings is 1. The van der Waals surface area contributed by atoms with E-state index in [1.165, 1.54) is 27.4 Å². The lowest BCUT2D eigenvalue weighted by Gasteiger charge is -2.14. The number of rotatable bonds is 7. The fraction of sp³-hybridized carbons (Fsp3) is 0.192. The first-order valence-corrected chi connectivity index (χ1v) is 10.5. The lowest BCUT2D eigenvalue weighted by molar-refractivity contribution is 0.0919. The summed E-state index contributed by atoms with van der Waals surface area (Å²) in [4.78, 5) is 29.8. The number of aromatic nitrogens is 1. The maximum Gasteiger partial charge on any atom is 0.363 e. The van der Waals surface area contributed by atoms with E-state index in [0.717, 1.165) is 16.7 Å². The third-order valence-electron chi connectivity index (χ3n) is 5.36. The molecule has 2 aromatic carbocycles. The van der Waals surface area contributed by atoms with E-state index in [9.17, 15) is 9.59 Å². The summed E-state index contributed by atoms with van der Waals surface area (Å²) >= 11 is 0. The van der Waals surface area contributed by atoms with E-state index in [-0.39, 0.29) is 17.8 Å². The van der Waals surface area contributed by atoms with Gasteiger partial charge in [0.25, 0.3) is 5.91 Å². The molecular formula is C26H24N2O6.